The largest absolute Gasteiger partial charge is 0.481 e. The monoisotopic (exact) mass is 343 g/mol. The predicted molar refractivity (Wildman–Crippen MR) is 88.4 cm³/mol. The van der Waals surface area contributed by atoms with Crippen LogP contribution < -0.4 is 10.6 Å². The minimum absolute atomic E-state index is 0. The van der Waals surface area contributed by atoms with Crippen molar-refractivity contribution in [3.8, 4) is 0 Å². The highest BCUT2D eigenvalue weighted by atomic mass is 35.5. The van der Waals surface area contributed by atoms with Crippen LogP contribution in [0.1, 0.15) is 18.4 Å². The molecule has 1 rings (SSSR count). The number of hydrogen-bond acceptors (Lipinski definition) is 4. The molecule has 7 nitrogen and oxygen atoms in total. The van der Waals surface area contributed by atoms with Gasteiger partial charge in [0.05, 0.1) is 6.42 Å². The summed E-state index contributed by atoms with van der Waals surface area (Å²) in [7, 11) is 1.73. The maximum atomic E-state index is 11.6. The van der Waals surface area contributed by atoms with Crippen molar-refractivity contribution in [2.75, 3.05) is 20.1 Å². The molecule has 0 aliphatic carbocycles. The number of imide groups is 1. The molecular weight excluding hydrogens is 322 g/mol. The van der Waals surface area contributed by atoms with E-state index in [2.05, 4.69) is 10.6 Å². The summed E-state index contributed by atoms with van der Waals surface area (Å²) >= 11 is 0. The van der Waals surface area contributed by atoms with Crippen LogP contribution in [-0.4, -0.2) is 48.1 Å². The molecule has 23 heavy (non-hydrogen) atoms. The fourth-order valence-corrected chi connectivity index (χ4v) is 1.70. The number of rotatable bonds is 8. The summed E-state index contributed by atoms with van der Waals surface area (Å²) in [5.41, 5.74) is 0.943. The predicted octanol–water partition coefficient (Wildman–Crippen LogP) is 1.23. The van der Waals surface area contributed by atoms with Crippen LogP contribution in [-0.2, 0) is 16.1 Å². The molecule has 1 aromatic carbocycles. The van der Waals surface area contributed by atoms with Crippen molar-refractivity contribution in [3.63, 3.8) is 0 Å². The second-order valence-electron chi connectivity index (χ2n) is 4.91. The van der Waals surface area contributed by atoms with Crippen LogP contribution in [0.4, 0.5) is 4.79 Å². The van der Waals surface area contributed by atoms with E-state index in [0.29, 0.717) is 19.6 Å². The van der Waals surface area contributed by atoms with Gasteiger partial charge in [-0.2, -0.15) is 0 Å². The van der Waals surface area contributed by atoms with Crippen LogP contribution in [0.2, 0.25) is 0 Å². The lowest BCUT2D eigenvalue weighted by Gasteiger charge is -2.14. The first-order chi connectivity index (χ1) is 10.5. The fraction of sp³-hybridized carbons (Fsp3) is 0.400. The van der Waals surface area contributed by atoms with Crippen LogP contribution in [0, 0.1) is 0 Å². The number of benzene rings is 1. The Morgan fingerprint density at radius 2 is 1.70 bits per heavy atom. The lowest BCUT2D eigenvalue weighted by Crippen LogP contribution is -2.40. The van der Waals surface area contributed by atoms with Crippen molar-refractivity contribution in [1.82, 2.24) is 15.5 Å². The Morgan fingerprint density at radius 1 is 1.09 bits per heavy atom. The van der Waals surface area contributed by atoms with E-state index in [1.54, 1.807) is 11.9 Å². The number of nitrogens with one attached hydrogen (secondary N) is 2. The highest BCUT2D eigenvalue weighted by Crippen LogP contribution is 1.97. The van der Waals surface area contributed by atoms with Crippen molar-refractivity contribution in [1.29, 1.82) is 0 Å². The first-order valence-electron chi connectivity index (χ1n) is 6.99. The van der Waals surface area contributed by atoms with Crippen molar-refractivity contribution in [2.45, 2.75) is 19.4 Å². The number of aliphatic carboxylic acids is 1. The normalized spacial score (nSPS) is 9.83. The number of hydrogen-bond donors (Lipinski definition) is 3. The minimum atomic E-state index is -0.878. The number of halogens is 1. The molecule has 0 atom stereocenters. The van der Waals surface area contributed by atoms with Gasteiger partial charge >= 0.3 is 12.0 Å². The summed E-state index contributed by atoms with van der Waals surface area (Å²) in [5.74, 6) is -1.27. The SMILES string of the molecule is CN(CCC(=O)O)CCC(=O)NC(=O)NCc1ccccc1.Cl. The molecule has 0 radical (unpaired) electrons. The summed E-state index contributed by atoms with van der Waals surface area (Å²) < 4.78 is 0. The molecule has 0 unspecified atom stereocenters. The zero-order valence-electron chi connectivity index (χ0n) is 12.9. The van der Waals surface area contributed by atoms with E-state index in [4.69, 9.17) is 5.11 Å². The van der Waals surface area contributed by atoms with Gasteiger partial charge in [0.2, 0.25) is 5.91 Å². The Balaban J connectivity index is 0.00000484. The Kier molecular flexibility index (Phi) is 10.4. The molecule has 0 aliphatic heterocycles. The number of carboxylic acid groups (broad SMARTS) is 1. The number of carbonyl (C=O) groups excluding carboxylic acids is 2. The molecule has 1 aromatic rings. The molecule has 0 bridgehead atoms. The molecule has 3 N–H and O–H groups in total. The average Bonchev–Trinajstić information content (AvgIpc) is 2.50. The zero-order chi connectivity index (χ0) is 16.4. The maximum absolute atomic E-state index is 11.6. The van der Waals surface area contributed by atoms with Crippen molar-refractivity contribution in [3.05, 3.63) is 35.9 Å². The highest BCUT2D eigenvalue weighted by molar-refractivity contribution is 5.94. The van der Waals surface area contributed by atoms with E-state index in [1.165, 1.54) is 0 Å². The summed E-state index contributed by atoms with van der Waals surface area (Å²) in [5, 5.41) is 13.4. The van der Waals surface area contributed by atoms with E-state index >= 15 is 0 Å². The first kappa shape index (κ1) is 20.9. The van der Waals surface area contributed by atoms with E-state index in [1.807, 2.05) is 30.3 Å². The van der Waals surface area contributed by atoms with Crippen LogP contribution >= 0.6 is 12.4 Å². The van der Waals surface area contributed by atoms with Gasteiger partial charge in [-0.1, -0.05) is 30.3 Å². The Morgan fingerprint density at radius 3 is 2.30 bits per heavy atom. The van der Waals surface area contributed by atoms with Crippen LogP contribution in [0.5, 0.6) is 0 Å². The lowest BCUT2D eigenvalue weighted by molar-refractivity contribution is -0.137. The fourth-order valence-electron chi connectivity index (χ4n) is 1.70. The van der Waals surface area contributed by atoms with E-state index < -0.39 is 17.9 Å². The molecule has 0 spiro atoms. The van der Waals surface area contributed by atoms with Gasteiger partial charge in [-0.25, -0.2) is 4.79 Å². The van der Waals surface area contributed by atoms with Gasteiger partial charge in [-0.15, -0.1) is 12.4 Å². The zero-order valence-corrected chi connectivity index (χ0v) is 13.8. The summed E-state index contributed by atoms with van der Waals surface area (Å²) in [6, 6.07) is 8.83. The first-order valence-corrected chi connectivity index (χ1v) is 6.99. The molecule has 0 fully saturated rings. The molecule has 0 saturated carbocycles. The summed E-state index contributed by atoms with van der Waals surface area (Å²) in [6.45, 7) is 1.10. The third-order valence-corrected chi connectivity index (χ3v) is 2.98. The van der Waals surface area contributed by atoms with Gasteiger partial charge in [0.25, 0.3) is 0 Å². The van der Waals surface area contributed by atoms with Crippen LogP contribution in [0.15, 0.2) is 30.3 Å². The Bertz CT molecular complexity index is 511. The van der Waals surface area contributed by atoms with Gasteiger partial charge < -0.3 is 15.3 Å². The summed E-state index contributed by atoms with van der Waals surface area (Å²) in [4.78, 5) is 35.3. The third-order valence-electron chi connectivity index (χ3n) is 2.98. The number of amides is 3. The summed E-state index contributed by atoms with van der Waals surface area (Å²) in [6.07, 6.45) is 0.157. The molecule has 8 heteroatoms. The molecule has 0 aliphatic rings. The second-order valence-corrected chi connectivity index (χ2v) is 4.91. The Hall–Kier alpha value is -2.12. The molecule has 0 aromatic heterocycles. The smallest absolute Gasteiger partial charge is 0.321 e. The number of carbonyl (C=O) groups is 3. The lowest BCUT2D eigenvalue weighted by atomic mass is 10.2. The van der Waals surface area contributed by atoms with Crippen molar-refractivity contribution < 1.29 is 19.5 Å². The standard InChI is InChI=1S/C15H21N3O4.ClH/c1-18(10-8-14(20)21)9-7-13(19)17-15(22)16-11-12-5-3-2-4-6-12;/h2-6H,7-11H2,1H3,(H,20,21)(H2,16,17,19,22);1H. The minimum Gasteiger partial charge on any atom is -0.481 e. The van der Waals surface area contributed by atoms with Crippen molar-refractivity contribution >= 4 is 30.3 Å². The molecule has 0 saturated heterocycles. The molecule has 3 amide bonds. The highest BCUT2D eigenvalue weighted by Gasteiger charge is 2.09. The van der Waals surface area contributed by atoms with E-state index in [0.717, 1.165) is 5.56 Å². The van der Waals surface area contributed by atoms with Gasteiger partial charge in [0.1, 0.15) is 0 Å². The quantitative estimate of drug-likeness (QED) is 0.659. The molecule has 0 heterocycles. The number of urea groups is 1. The van der Waals surface area contributed by atoms with Gasteiger partial charge in [-0.3, -0.25) is 14.9 Å². The number of nitrogens with zero attached hydrogens (tertiary/aromatic N) is 1. The van der Waals surface area contributed by atoms with Gasteiger partial charge in [0, 0.05) is 26.1 Å². The van der Waals surface area contributed by atoms with E-state index in [9.17, 15) is 14.4 Å². The molecular formula is C15H22ClN3O4. The van der Waals surface area contributed by atoms with Gasteiger partial charge in [-0.05, 0) is 12.6 Å². The maximum Gasteiger partial charge on any atom is 0.321 e. The van der Waals surface area contributed by atoms with Crippen molar-refractivity contribution in [2.24, 2.45) is 0 Å². The van der Waals surface area contributed by atoms with E-state index in [-0.39, 0.29) is 25.2 Å². The second kappa shape index (κ2) is 11.4. The van der Waals surface area contributed by atoms with Crippen LogP contribution in [0.25, 0.3) is 0 Å². The average molecular weight is 344 g/mol. The van der Waals surface area contributed by atoms with Crippen LogP contribution in [0.3, 0.4) is 0 Å². The Labute approximate surface area is 141 Å². The third kappa shape index (κ3) is 10.3. The topological polar surface area (TPSA) is 98.7 Å². The van der Waals surface area contributed by atoms with Gasteiger partial charge in [0.15, 0.2) is 0 Å². The molecule has 128 valence electrons. The number of carboxylic acids is 1.